The Labute approximate surface area is 162 Å². The lowest BCUT2D eigenvalue weighted by molar-refractivity contribution is -0.122. The number of amides is 2. The monoisotopic (exact) mass is 381 g/mol. The van der Waals surface area contributed by atoms with Crippen molar-refractivity contribution in [2.75, 3.05) is 22.9 Å². The quantitative estimate of drug-likeness (QED) is 0.503. The average Bonchev–Trinajstić information content (AvgIpc) is 3.31. The summed E-state index contributed by atoms with van der Waals surface area (Å²) in [5.41, 5.74) is 1.53. The van der Waals surface area contributed by atoms with E-state index in [-0.39, 0.29) is 10.7 Å². The van der Waals surface area contributed by atoms with Gasteiger partial charge in [0.2, 0.25) is 0 Å². The van der Waals surface area contributed by atoms with Crippen LogP contribution in [-0.4, -0.2) is 30.0 Å². The summed E-state index contributed by atoms with van der Waals surface area (Å²) in [5, 5.41) is 2.67. The molecule has 0 aliphatic carbocycles. The summed E-state index contributed by atoms with van der Waals surface area (Å²) >= 11 is 5.23. The van der Waals surface area contributed by atoms with Crippen LogP contribution < -0.4 is 15.1 Å². The Morgan fingerprint density at radius 1 is 1.11 bits per heavy atom. The molecule has 2 fully saturated rings. The molecule has 6 nitrogen and oxygen atoms in total. The number of anilines is 2. The van der Waals surface area contributed by atoms with E-state index in [0.717, 1.165) is 37.4 Å². The summed E-state index contributed by atoms with van der Waals surface area (Å²) in [4.78, 5) is 28.9. The average molecular weight is 381 g/mol. The van der Waals surface area contributed by atoms with Crippen molar-refractivity contribution >= 4 is 46.8 Å². The highest BCUT2D eigenvalue weighted by Gasteiger charge is 2.35. The van der Waals surface area contributed by atoms with E-state index in [0.29, 0.717) is 11.4 Å². The highest BCUT2D eigenvalue weighted by atomic mass is 32.1. The first-order valence-corrected chi connectivity index (χ1v) is 9.27. The molecular weight excluding hydrogens is 362 g/mol. The predicted octanol–water partition coefficient (Wildman–Crippen LogP) is 3.02. The number of hydrogen-bond acceptors (Lipinski definition) is 5. The first-order valence-electron chi connectivity index (χ1n) is 8.86. The molecule has 0 saturated carbocycles. The molecular formula is C20H19N3O3S. The maximum atomic E-state index is 13.0. The van der Waals surface area contributed by atoms with Crippen LogP contribution >= 0.6 is 12.2 Å². The third-order valence-corrected chi connectivity index (χ3v) is 5.06. The fourth-order valence-corrected chi connectivity index (χ4v) is 3.63. The summed E-state index contributed by atoms with van der Waals surface area (Å²) in [6.45, 7) is 3.80. The molecule has 3 heterocycles. The van der Waals surface area contributed by atoms with Crippen LogP contribution in [0.5, 0.6) is 0 Å². The molecule has 0 spiro atoms. The van der Waals surface area contributed by atoms with Crippen LogP contribution in [0.4, 0.5) is 11.6 Å². The van der Waals surface area contributed by atoms with Gasteiger partial charge in [-0.15, -0.1) is 0 Å². The van der Waals surface area contributed by atoms with Gasteiger partial charge in [-0.3, -0.25) is 19.8 Å². The standard InChI is InChI=1S/C20H19N3O3S/c1-13-6-2-3-7-16(13)23-19(25)15(18(24)21-20(23)27)12-14-8-9-17(26-14)22-10-4-5-11-22/h2-3,6-9,12H,4-5,10-11H2,1H3,(H,21,24,27)/b15-12-. The predicted molar refractivity (Wildman–Crippen MR) is 108 cm³/mol. The van der Waals surface area contributed by atoms with Crippen molar-refractivity contribution in [1.29, 1.82) is 0 Å². The Kier molecular flexibility index (Phi) is 4.53. The Morgan fingerprint density at radius 2 is 1.85 bits per heavy atom. The van der Waals surface area contributed by atoms with Gasteiger partial charge in [0.15, 0.2) is 11.0 Å². The van der Waals surface area contributed by atoms with Crippen LogP contribution in [0, 0.1) is 6.92 Å². The normalized spacial score (nSPS) is 19.1. The zero-order chi connectivity index (χ0) is 19.0. The summed E-state index contributed by atoms with van der Waals surface area (Å²) in [6.07, 6.45) is 3.76. The van der Waals surface area contributed by atoms with Crippen molar-refractivity contribution < 1.29 is 14.0 Å². The van der Waals surface area contributed by atoms with Gasteiger partial charge < -0.3 is 9.32 Å². The number of carbonyl (C=O) groups excluding carboxylic acids is 2. The summed E-state index contributed by atoms with van der Waals surface area (Å²) in [6, 6.07) is 11.0. The van der Waals surface area contributed by atoms with Gasteiger partial charge in [-0.1, -0.05) is 18.2 Å². The second-order valence-electron chi connectivity index (χ2n) is 6.61. The first kappa shape index (κ1) is 17.5. The zero-order valence-corrected chi connectivity index (χ0v) is 15.7. The maximum Gasteiger partial charge on any atom is 0.270 e. The number of nitrogens with zero attached hydrogens (tertiary/aromatic N) is 2. The van der Waals surface area contributed by atoms with E-state index in [1.807, 2.05) is 31.2 Å². The third kappa shape index (κ3) is 3.26. The van der Waals surface area contributed by atoms with Gasteiger partial charge in [0, 0.05) is 19.2 Å². The largest absolute Gasteiger partial charge is 0.441 e. The minimum Gasteiger partial charge on any atom is -0.441 e. The van der Waals surface area contributed by atoms with Crippen molar-refractivity contribution in [3.8, 4) is 0 Å². The van der Waals surface area contributed by atoms with Gasteiger partial charge in [-0.25, -0.2) is 0 Å². The van der Waals surface area contributed by atoms with Gasteiger partial charge in [0.1, 0.15) is 11.3 Å². The highest BCUT2D eigenvalue weighted by Crippen LogP contribution is 2.27. The van der Waals surface area contributed by atoms with Crippen molar-refractivity contribution in [1.82, 2.24) is 5.32 Å². The number of nitrogens with one attached hydrogen (secondary N) is 1. The molecule has 2 aliphatic heterocycles. The van der Waals surface area contributed by atoms with Crippen molar-refractivity contribution in [2.45, 2.75) is 19.8 Å². The number of furan rings is 1. The number of benzene rings is 1. The third-order valence-electron chi connectivity index (χ3n) is 4.77. The molecule has 2 aliphatic rings. The minimum atomic E-state index is -0.519. The summed E-state index contributed by atoms with van der Waals surface area (Å²) in [5.74, 6) is 0.244. The number of rotatable bonds is 3. The molecule has 0 atom stereocenters. The van der Waals surface area contributed by atoms with Crippen molar-refractivity contribution in [3.63, 3.8) is 0 Å². The molecule has 1 N–H and O–H groups in total. The van der Waals surface area contributed by atoms with E-state index in [4.69, 9.17) is 16.6 Å². The number of para-hydroxylation sites is 1. The lowest BCUT2D eigenvalue weighted by Crippen LogP contribution is -2.54. The van der Waals surface area contributed by atoms with Crippen molar-refractivity contribution in [2.24, 2.45) is 0 Å². The molecule has 0 unspecified atom stereocenters. The van der Waals surface area contributed by atoms with Crippen LogP contribution in [-0.2, 0) is 9.59 Å². The summed E-state index contributed by atoms with van der Waals surface area (Å²) in [7, 11) is 0. The molecule has 1 aromatic heterocycles. The molecule has 2 amide bonds. The van der Waals surface area contributed by atoms with E-state index in [1.54, 1.807) is 12.1 Å². The first-order chi connectivity index (χ1) is 13.0. The topological polar surface area (TPSA) is 65.8 Å². The van der Waals surface area contributed by atoms with Gasteiger partial charge in [0.05, 0.1) is 5.69 Å². The smallest absolute Gasteiger partial charge is 0.270 e. The lowest BCUT2D eigenvalue weighted by atomic mass is 10.1. The fourth-order valence-electron chi connectivity index (χ4n) is 3.36. The van der Waals surface area contributed by atoms with Gasteiger partial charge in [0.25, 0.3) is 11.8 Å². The lowest BCUT2D eigenvalue weighted by Gasteiger charge is -2.29. The van der Waals surface area contributed by atoms with E-state index in [2.05, 4.69) is 10.2 Å². The molecule has 2 aromatic rings. The Bertz CT molecular complexity index is 957. The molecule has 0 bridgehead atoms. The van der Waals surface area contributed by atoms with Crippen molar-refractivity contribution in [3.05, 3.63) is 53.3 Å². The van der Waals surface area contributed by atoms with E-state index < -0.39 is 11.8 Å². The van der Waals surface area contributed by atoms with Crippen LogP contribution in [0.1, 0.15) is 24.2 Å². The molecule has 4 rings (SSSR count). The van der Waals surface area contributed by atoms with E-state index in [1.165, 1.54) is 11.0 Å². The molecule has 0 radical (unpaired) electrons. The minimum absolute atomic E-state index is 0.00539. The van der Waals surface area contributed by atoms with Crippen LogP contribution in [0.15, 0.2) is 46.4 Å². The van der Waals surface area contributed by atoms with Crippen LogP contribution in [0.25, 0.3) is 6.08 Å². The molecule has 2 saturated heterocycles. The number of aryl methyl sites for hydroxylation is 1. The molecule has 7 heteroatoms. The molecule has 1 aromatic carbocycles. The maximum absolute atomic E-state index is 13.0. The van der Waals surface area contributed by atoms with Gasteiger partial charge >= 0.3 is 0 Å². The second-order valence-corrected chi connectivity index (χ2v) is 7.00. The second kappa shape index (κ2) is 7.00. The van der Waals surface area contributed by atoms with E-state index >= 15 is 0 Å². The van der Waals surface area contributed by atoms with E-state index in [9.17, 15) is 9.59 Å². The SMILES string of the molecule is Cc1ccccc1N1C(=O)/C(=C\c2ccc(N3CCCC3)o2)C(=O)NC1=S. The molecule has 27 heavy (non-hydrogen) atoms. The zero-order valence-electron chi connectivity index (χ0n) is 14.9. The Morgan fingerprint density at radius 3 is 2.59 bits per heavy atom. The van der Waals surface area contributed by atoms with Crippen LogP contribution in [0.3, 0.4) is 0 Å². The van der Waals surface area contributed by atoms with Gasteiger partial charge in [-0.2, -0.15) is 0 Å². The number of carbonyl (C=O) groups is 2. The Balaban J connectivity index is 1.66. The van der Waals surface area contributed by atoms with Crippen LogP contribution in [0.2, 0.25) is 0 Å². The number of thiocarbonyl (C=S) groups is 1. The highest BCUT2D eigenvalue weighted by molar-refractivity contribution is 7.80. The van der Waals surface area contributed by atoms with Gasteiger partial charge in [-0.05, 0) is 55.8 Å². The number of hydrogen-bond donors (Lipinski definition) is 1. The fraction of sp³-hybridized carbons (Fsp3) is 0.250. The Hall–Kier alpha value is -2.93. The molecule has 138 valence electrons. The summed E-state index contributed by atoms with van der Waals surface area (Å²) < 4.78 is 5.82.